The largest absolute Gasteiger partial charge is 0.492 e. The van der Waals surface area contributed by atoms with E-state index in [0.717, 1.165) is 17.7 Å². The molecule has 3 saturated heterocycles. The second-order valence-electron chi connectivity index (χ2n) is 9.47. The molecule has 2 aromatic rings. The van der Waals surface area contributed by atoms with Crippen LogP contribution < -0.4 is 19.9 Å². The lowest BCUT2D eigenvalue weighted by atomic mass is 9.75. The number of carbonyl (C=O) groups is 1. The van der Waals surface area contributed by atoms with Crippen LogP contribution in [0.5, 0.6) is 11.5 Å². The fraction of sp³-hybridized carbons (Fsp3) is 0.370. The third-order valence-corrected chi connectivity index (χ3v) is 7.15. The van der Waals surface area contributed by atoms with E-state index >= 15 is 0 Å². The summed E-state index contributed by atoms with van der Waals surface area (Å²) in [5, 5.41) is 10.6. The zero-order chi connectivity index (χ0) is 27.1. The van der Waals surface area contributed by atoms with Crippen molar-refractivity contribution in [3.63, 3.8) is 0 Å². The smallest absolute Gasteiger partial charge is 0.416 e. The maximum Gasteiger partial charge on any atom is 0.416 e. The number of ether oxygens (including phenoxy) is 3. The molecule has 0 amide bonds. The first-order chi connectivity index (χ1) is 18.1. The number of hydrazine groups is 1. The minimum Gasteiger partial charge on any atom is -0.492 e. The predicted molar refractivity (Wildman–Crippen MR) is 132 cm³/mol. The lowest BCUT2D eigenvalue weighted by Gasteiger charge is -2.55. The molecule has 3 atom stereocenters. The number of aryl methyl sites for hydroxylation is 1. The molecule has 0 radical (unpaired) electrons. The minimum absolute atomic E-state index is 0.233. The average molecular weight is 532 g/mol. The van der Waals surface area contributed by atoms with Gasteiger partial charge in [-0.3, -0.25) is 5.01 Å². The van der Waals surface area contributed by atoms with Crippen LogP contribution in [0.1, 0.15) is 24.5 Å². The fourth-order valence-electron chi connectivity index (χ4n) is 5.09. The van der Waals surface area contributed by atoms with Crippen LogP contribution >= 0.6 is 0 Å². The standard InChI is InChI=1S/C27H28F3N3O5/c1-3-18-15-21(11-12-22(18)36-16-23(34)35)37-17-25(13-5-4-6-14-25)27-31-33(24(38-27)32(27)2)20-9-7-19(8-10-20)26(28,29)30/h4-13,15,24,31H,3,14,16-17H2,1-2H3,(H,34,35). The number of hydrogen-bond acceptors (Lipinski definition) is 7. The van der Waals surface area contributed by atoms with Crippen LogP contribution in [0.15, 0.2) is 66.8 Å². The number of hydrogen-bond donors (Lipinski definition) is 2. The Morgan fingerprint density at radius 3 is 2.55 bits per heavy atom. The van der Waals surface area contributed by atoms with Gasteiger partial charge in [0.05, 0.1) is 16.7 Å². The zero-order valence-electron chi connectivity index (χ0n) is 20.9. The summed E-state index contributed by atoms with van der Waals surface area (Å²) in [7, 11) is 1.89. The zero-order valence-corrected chi connectivity index (χ0v) is 20.9. The maximum absolute atomic E-state index is 13.0. The van der Waals surface area contributed by atoms with Crippen molar-refractivity contribution in [2.45, 2.75) is 38.1 Å². The van der Waals surface area contributed by atoms with E-state index in [2.05, 4.69) is 5.43 Å². The molecule has 2 N–H and O–H groups in total. The molecule has 3 heterocycles. The van der Waals surface area contributed by atoms with Crippen LogP contribution in [0, 0.1) is 5.41 Å². The molecule has 0 saturated carbocycles. The highest BCUT2D eigenvalue weighted by Gasteiger charge is 2.71. The molecular weight excluding hydrogens is 503 g/mol. The first-order valence-corrected chi connectivity index (χ1v) is 12.2. The number of benzene rings is 2. The van der Waals surface area contributed by atoms with Crippen LogP contribution in [-0.4, -0.2) is 48.4 Å². The highest BCUT2D eigenvalue weighted by Crippen LogP contribution is 2.54. The highest BCUT2D eigenvalue weighted by molar-refractivity contribution is 5.68. The third kappa shape index (κ3) is 4.40. The van der Waals surface area contributed by atoms with Crippen LogP contribution in [0.4, 0.5) is 18.9 Å². The molecule has 38 heavy (non-hydrogen) atoms. The van der Waals surface area contributed by atoms with Gasteiger partial charge in [0.2, 0.25) is 12.2 Å². The van der Waals surface area contributed by atoms with Gasteiger partial charge in [-0.05, 0) is 67.9 Å². The summed E-state index contributed by atoms with van der Waals surface area (Å²) in [5.74, 6) is -0.951. The molecule has 3 fully saturated rings. The number of carboxylic acid groups (broad SMARTS) is 1. The Labute approximate surface area is 217 Å². The Morgan fingerprint density at radius 1 is 1.18 bits per heavy atom. The van der Waals surface area contributed by atoms with E-state index in [0.29, 0.717) is 30.0 Å². The van der Waals surface area contributed by atoms with Crippen LogP contribution in [0.25, 0.3) is 0 Å². The van der Waals surface area contributed by atoms with Crippen molar-refractivity contribution in [1.82, 2.24) is 10.3 Å². The van der Waals surface area contributed by atoms with E-state index in [1.54, 1.807) is 17.1 Å². The van der Waals surface area contributed by atoms with Crippen molar-refractivity contribution in [1.29, 1.82) is 0 Å². The number of nitrogens with zero attached hydrogens (tertiary/aromatic N) is 2. The maximum atomic E-state index is 13.0. The number of alkyl halides is 3. The normalized spacial score (nSPS) is 26.3. The van der Waals surface area contributed by atoms with Gasteiger partial charge in [-0.1, -0.05) is 31.2 Å². The van der Waals surface area contributed by atoms with Crippen molar-refractivity contribution in [3.05, 3.63) is 77.9 Å². The Balaban J connectivity index is 1.36. The second kappa shape index (κ2) is 9.64. The summed E-state index contributed by atoms with van der Waals surface area (Å²) in [6.45, 7) is 1.75. The first-order valence-electron chi connectivity index (χ1n) is 12.2. The summed E-state index contributed by atoms with van der Waals surface area (Å²) in [4.78, 5) is 12.9. The van der Waals surface area contributed by atoms with Crippen molar-refractivity contribution >= 4 is 11.7 Å². The molecule has 202 valence electrons. The van der Waals surface area contributed by atoms with Crippen LogP contribution in [-0.2, 0) is 22.1 Å². The van der Waals surface area contributed by atoms with Gasteiger partial charge in [0, 0.05) is 0 Å². The molecule has 0 spiro atoms. The van der Waals surface area contributed by atoms with Gasteiger partial charge in [-0.2, -0.15) is 18.6 Å². The Morgan fingerprint density at radius 2 is 1.95 bits per heavy atom. The molecule has 4 aliphatic rings. The van der Waals surface area contributed by atoms with Gasteiger partial charge in [-0.15, -0.1) is 0 Å². The monoisotopic (exact) mass is 531 g/mol. The molecule has 11 heteroatoms. The first kappa shape index (κ1) is 26.1. The highest BCUT2D eigenvalue weighted by atomic mass is 19.4. The van der Waals surface area contributed by atoms with E-state index < -0.39 is 41.9 Å². The number of allylic oxidation sites excluding steroid dienone is 3. The van der Waals surface area contributed by atoms with Crippen LogP contribution in [0.2, 0.25) is 0 Å². The van der Waals surface area contributed by atoms with E-state index in [4.69, 9.17) is 19.3 Å². The predicted octanol–water partition coefficient (Wildman–Crippen LogP) is 4.54. The van der Waals surface area contributed by atoms with E-state index in [1.165, 1.54) is 12.1 Å². The molecule has 6 rings (SSSR count). The van der Waals surface area contributed by atoms with Crippen molar-refractivity contribution < 1.29 is 37.3 Å². The van der Waals surface area contributed by atoms with Gasteiger partial charge in [0.1, 0.15) is 18.1 Å². The number of halogens is 3. The number of nitrogens with one attached hydrogen (secondary N) is 1. The molecule has 8 nitrogen and oxygen atoms in total. The molecule has 0 aromatic heterocycles. The fourth-order valence-corrected chi connectivity index (χ4v) is 5.09. The summed E-state index contributed by atoms with van der Waals surface area (Å²) in [5.41, 5.74) is 3.37. The quantitative estimate of drug-likeness (QED) is 0.488. The second-order valence-corrected chi connectivity index (χ2v) is 9.47. The van der Waals surface area contributed by atoms with Crippen molar-refractivity contribution in [3.8, 4) is 11.5 Å². The number of anilines is 1. The van der Waals surface area contributed by atoms with Gasteiger partial charge in [-0.25, -0.2) is 9.69 Å². The van der Waals surface area contributed by atoms with Gasteiger partial charge in [0.25, 0.3) is 0 Å². The average Bonchev–Trinajstić information content (AvgIpc) is 3.47. The van der Waals surface area contributed by atoms with Crippen molar-refractivity contribution in [2.75, 3.05) is 25.3 Å². The third-order valence-electron chi connectivity index (χ3n) is 7.15. The van der Waals surface area contributed by atoms with E-state index in [-0.39, 0.29) is 6.61 Å². The number of rotatable bonds is 9. The van der Waals surface area contributed by atoms with Crippen molar-refractivity contribution in [2.24, 2.45) is 5.41 Å². The number of fused-ring (bicyclic) bond motifs is 1. The van der Waals surface area contributed by atoms with Gasteiger partial charge in [0.15, 0.2) is 6.61 Å². The van der Waals surface area contributed by atoms with Crippen LogP contribution in [0.3, 0.4) is 0 Å². The molecule has 3 aliphatic heterocycles. The Bertz CT molecular complexity index is 1270. The Hall–Kier alpha value is -3.54. The van der Waals surface area contributed by atoms with Gasteiger partial charge < -0.3 is 19.3 Å². The lowest BCUT2D eigenvalue weighted by molar-refractivity contribution is -0.348. The summed E-state index contributed by atoms with van der Waals surface area (Å²) < 4.78 is 57.1. The molecule has 2 bridgehead atoms. The molecule has 2 aromatic carbocycles. The summed E-state index contributed by atoms with van der Waals surface area (Å²) >= 11 is 0. The lowest BCUT2D eigenvalue weighted by Crippen LogP contribution is -2.73. The Kier molecular flexibility index (Phi) is 6.62. The minimum atomic E-state index is -4.41. The SMILES string of the molecule is CCc1cc(OCC2(C34NN(c5ccc(C(F)(F)F)cc5)C(O3)N4C)C=CC=CC2)ccc1OCC(=O)O. The van der Waals surface area contributed by atoms with E-state index in [1.807, 2.05) is 49.2 Å². The van der Waals surface area contributed by atoms with E-state index in [9.17, 15) is 18.0 Å². The number of aliphatic carboxylic acids is 1. The topological polar surface area (TPSA) is 83.5 Å². The molecule has 3 unspecified atom stereocenters. The molecular formula is C27H28F3N3O5. The van der Waals surface area contributed by atoms with Gasteiger partial charge >= 0.3 is 12.1 Å². The summed E-state index contributed by atoms with van der Waals surface area (Å²) in [6, 6.07) is 10.2. The summed E-state index contributed by atoms with van der Waals surface area (Å²) in [6.07, 6.45) is 4.22. The molecule has 1 aliphatic carbocycles. The number of carboxylic acids is 1.